The Hall–Kier alpha value is -3.00. The van der Waals surface area contributed by atoms with Crippen molar-refractivity contribution in [2.24, 2.45) is 0 Å². The summed E-state index contributed by atoms with van der Waals surface area (Å²) in [5.74, 6) is -0.786. The van der Waals surface area contributed by atoms with Crippen LogP contribution in [0.15, 0.2) is 36.4 Å². The Morgan fingerprint density at radius 1 is 1.33 bits per heavy atom. The van der Waals surface area contributed by atoms with Gasteiger partial charge in [-0.15, -0.1) is 0 Å². The lowest BCUT2D eigenvalue weighted by atomic mass is 10.1. The number of para-hydroxylation sites is 1. The Kier molecular flexibility index (Phi) is 4.10. The first-order valence-corrected chi connectivity index (χ1v) is 6.25. The molecule has 0 fully saturated rings. The Morgan fingerprint density at radius 2 is 2.10 bits per heavy atom. The number of rotatable bonds is 4. The smallest absolute Gasteiger partial charge is 0.339 e. The fourth-order valence-corrected chi connectivity index (χ4v) is 2.02. The molecule has 5 nitrogen and oxygen atoms in total. The molecule has 2 aromatic carbocycles. The minimum Gasteiger partial charge on any atom is -0.496 e. The molecular weight excluding hydrogens is 268 g/mol. The highest BCUT2D eigenvalue weighted by atomic mass is 16.5. The van der Waals surface area contributed by atoms with Crippen molar-refractivity contribution in [3.8, 4) is 11.8 Å². The number of hydrogen-bond donors (Lipinski definition) is 2. The van der Waals surface area contributed by atoms with E-state index in [1.807, 2.05) is 19.1 Å². The largest absolute Gasteiger partial charge is 0.496 e. The molecule has 5 heteroatoms. The molecular formula is C16H14N2O3. The molecule has 2 aromatic rings. The van der Waals surface area contributed by atoms with Crippen LogP contribution in [0.5, 0.6) is 5.75 Å². The number of carboxylic acids is 1. The Bertz CT molecular complexity index is 733. The SMILES string of the molecule is COc1cc(Nc2c(C)cccc2C#N)ccc1C(=O)O. The number of benzene rings is 2. The van der Waals surface area contributed by atoms with Crippen LogP contribution < -0.4 is 10.1 Å². The highest BCUT2D eigenvalue weighted by Crippen LogP contribution is 2.28. The van der Waals surface area contributed by atoms with Gasteiger partial charge in [0.05, 0.1) is 18.4 Å². The number of nitrogens with one attached hydrogen (secondary N) is 1. The first kappa shape index (κ1) is 14.4. The average molecular weight is 282 g/mol. The van der Waals surface area contributed by atoms with Gasteiger partial charge in [-0.2, -0.15) is 5.26 Å². The molecule has 0 aliphatic heterocycles. The number of carbonyl (C=O) groups is 1. The maximum atomic E-state index is 11.1. The normalized spacial score (nSPS) is 9.76. The van der Waals surface area contributed by atoms with Crippen molar-refractivity contribution in [3.63, 3.8) is 0 Å². The van der Waals surface area contributed by atoms with Crippen LogP contribution in [-0.2, 0) is 0 Å². The van der Waals surface area contributed by atoms with E-state index in [1.165, 1.54) is 13.2 Å². The molecule has 0 saturated heterocycles. The van der Waals surface area contributed by atoms with E-state index in [2.05, 4.69) is 11.4 Å². The van der Waals surface area contributed by atoms with Crippen molar-refractivity contribution < 1.29 is 14.6 Å². The van der Waals surface area contributed by atoms with Gasteiger partial charge < -0.3 is 15.2 Å². The molecule has 21 heavy (non-hydrogen) atoms. The summed E-state index contributed by atoms with van der Waals surface area (Å²) in [4.78, 5) is 11.1. The van der Waals surface area contributed by atoms with Crippen LogP contribution in [0.4, 0.5) is 11.4 Å². The number of ether oxygens (including phenoxy) is 1. The zero-order valence-electron chi connectivity index (χ0n) is 11.7. The number of methoxy groups -OCH3 is 1. The van der Waals surface area contributed by atoms with E-state index in [4.69, 9.17) is 15.1 Å². The van der Waals surface area contributed by atoms with Crippen LogP contribution >= 0.6 is 0 Å². The fourth-order valence-electron chi connectivity index (χ4n) is 2.02. The van der Waals surface area contributed by atoms with E-state index in [0.29, 0.717) is 16.9 Å². The zero-order valence-corrected chi connectivity index (χ0v) is 11.7. The predicted molar refractivity (Wildman–Crippen MR) is 79.1 cm³/mol. The lowest BCUT2D eigenvalue weighted by Crippen LogP contribution is -2.02. The number of aryl methyl sites for hydroxylation is 1. The van der Waals surface area contributed by atoms with Crippen LogP contribution in [-0.4, -0.2) is 18.2 Å². The molecule has 0 aromatic heterocycles. The Morgan fingerprint density at radius 3 is 2.71 bits per heavy atom. The van der Waals surface area contributed by atoms with Crippen molar-refractivity contribution in [1.82, 2.24) is 0 Å². The van der Waals surface area contributed by atoms with Gasteiger partial charge in [-0.05, 0) is 30.7 Å². The van der Waals surface area contributed by atoms with Crippen LogP contribution in [0.2, 0.25) is 0 Å². The van der Waals surface area contributed by atoms with Crippen molar-refractivity contribution in [3.05, 3.63) is 53.1 Å². The minimum absolute atomic E-state index is 0.0911. The van der Waals surface area contributed by atoms with Gasteiger partial charge in [0.1, 0.15) is 17.4 Å². The highest BCUT2D eigenvalue weighted by Gasteiger charge is 2.12. The van der Waals surface area contributed by atoms with Gasteiger partial charge in [0.2, 0.25) is 0 Å². The van der Waals surface area contributed by atoms with Gasteiger partial charge in [-0.25, -0.2) is 4.79 Å². The van der Waals surface area contributed by atoms with Crippen LogP contribution in [0.25, 0.3) is 0 Å². The summed E-state index contributed by atoms with van der Waals surface area (Å²) in [5, 5.41) is 21.3. The Balaban J connectivity index is 2.42. The maximum Gasteiger partial charge on any atom is 0.339 e. The number of hydrogen-bond acceptors (Lipinski definition) is 4. The van der Waals surface area contributed by atoms with Gasteiger partial charge >= 0.3 is 5.97 Å². The lowest BCUT2D eigenvalue weighted by molar-refractivity contribution is 0.0693. The van der Waals surface area contributed by atoms with Crippen molar-refractivity contribution in [2.75, 3.05) is 12.4 Å². The highest BCUT2D eigenvalue weighted by molar-refractivity contribution is 5.91. The standard InChI is InChI=1S/C16H14N2O3/c1-10-4-3-5-11(9-17)15(10)18-12-6-7-13(16(19)20)14(8-12)21-2/h3-8,18H,1-2H3,(H,19,20). The average Bonchev–Trinajstić information content (AvgIpc) is 2.48. The third-order valence-electron chi connectivity index (χ3n) is 3.09. The second-order valence-electron chi connectivity index (χ2n) is 4.45. The molecule has 106 valence electrons. The van der Waals surface area contributed by atoms with Crippen LogP contribution in [0.3, 0.4) is 0 Å². The molecule has 0 aliphatic rings. The first-order chi connectivity index (χ1) is 10.1. The molecule has 0 unspecified atom stereocenters. The summed E-state index contributed by atoms with van der Waals surface area (Å²) in [6.07, 6.45) is 0. The minimum atomic E-state index is -1.05. The molecule has 0 bridgehead atoms. The number of nitriles is 1. The molecule has 0 radical (unpaired) electrons. The van der Waals surface area contributed by atoms with E-state index in [9.17, 15) is 4.79 Å². The first-order valence-electron chi connectivity index (χ1n) is 6.25. The third-order valence-corrected chi connectivity index (χ3v) is 3.09. The second-order valence-corrected chi connectivity index (χ2v) is 4.45. The summed E-state index contributed by atoms with van der Waals surface area (Å²) in [7, 11) is 1.42. The van der Waals surface area contributed by atoms with Crippen molar-refractivity contribution >= 4 is 17.3 Å². The molecule has 0 aliphatic carbocycles. The molecule has 0 spiro atoms. The summed E-state index contributed by atoms with van der Waals surface area (Å²) in [6.45, 7) is 1.89. The molecule has 2 N–H and O–H groups in total. The summed E-state index contributed by atoms with van der Waals surface area (Å²) in [5.41, 5.74) is 2.90. The van der Waals surface area contributed by atoms with Gasteiger partial charge in [0, 0.05) is 11.8 Å². The van der Waals surface area contributed by atoms with Crippen molar-refractivity contribution in [2.45, 2.75) is 6.92 Å². The number of anilines is 2. The van der Waals surface area contributed by atoms with E-state index in [-0.39, 0.29) is 11.3 Å². The van der Waals surface area contributed by atoms with Gasteiger partial charge in [0.15, 0.2) is 0 Å². The van der Waals surface area contributed by atoms with E-state index < -0.39 is 5.97 Å². The van der Waals surface area contributed by atoms with E-state index in [1.54, 1.807) is 18.2 Å². The second kappa shape index (κ2) is 5.97. The maximum absolute atomic E-state index is 11.1. The molecule has 2 rings (SSSR count). The van der Waals surface area contributed by atoms with E-state index in [0.717, 1.165) is 5.56 Å². The zero-order chi connectivity index (χ0) is 15.4. The fraction of sp³-hybridized carbons (Fsp3) is 0.125. The third kappa shape index (κ3) is 2.95. The van der Waals surface area contributed by atoms with Gasteiger partial charge in [-0.1, -0.05) is 12.1 Å². The number of aromatic carboxylic acids is 1. The van der Waals surface area contributed by atoms with Gasteiger partial charge in [-0.3, -0.25) is 0 Å². The number of carboxylic acid groups (broad SMARTS) is 1. The summed E-state index contributed by atoms with van der Waals surface area (Å²) in [6, 6.07) is 12.3. The topological polar surface area (TPSA) is 82.3 Å². The van der Waals surface area contributed by atoms with E-state index >= 15 is 0 Å². The molecule has 0 amide bonds. The predicted octanol–water partition coefficient (Wildman–Crippen LogP) is 3.32. The Labute approximate surface area is 122 Å². The molecule has 0 atom stereocenters. The quantitative estimate of drug-likeness (QED) is 0.898. The summed E-state index contributed by atoms with van der Waals surface area (Å²) >= 11 is 0. The van der Waals surface area contributed by atoms with Crippen LogP contribution in [0, 0.1) is 18.3 Å². The summed E-state index contributed by atoms with van der Waals surface area (Å²) < 4.78 is 5.09. The monoisotopic (exact) mass is 282 g/mol. The van der Waals surface area contributed by atoms with Crippen molar-refractivity contribution in [1.29, 1.82) is 5.26 Å². The molecule has 0 heterocycles. The van der Waals surface area contributed by atoms with Crippen LogP contribution in [0.1, 0.15) is 21.5 Å². The lowest BCUT2D eigenvalue weighted by Gasteiger charge is -2.13. The van der Waals surface area contributed by atoms with Gasteiger partial charge in [0.25, 0.3) is 0 Å². The molecule has 0 saturated carbocycles. The number of nitrogens with zero attached hydrogens (tertiary/aromatic N) is 1.